The predicted octanol–water partition coefficient (Wildman–Crippen LogP) is 13.4. The van der Waals surface area contributed by atoms with E-state index in [1.165, 1.54) is 45.6 Å². The summed E-state index contributed by atoms with van der Waals surface area (Å²) in [5.41, 5.74) is 27.5. The van der Waals surface area contributed by atoms with E-state index >= 15 is 33.6 Å². The maximum Gasteiger partial charge on any atom is 0.242 e. The molecule has 0 aromatic heterocycles. The van der Waals surface area contributed by atoms with Gasteiger partial charge in [0.25, 0.3) is 0 Å². The molecule has 127 heavy (non-hydrogen) atoms. The van der Waals surface area contributed by atoms with Crippen LogP contribution in [0.3, 0.4) is 0 Å². The molecule has 25 nitrogen and oxygen atoms in total. The van der Waals surface area contributed by atoms with Crippen LogP contribution in [-0.2, 0) is 78.4 Å². The molecule has 0 saturated heterocycles. The molecule has 0 saturated carbocycles. The third kappa shape index (κ3) is 48.2. The lowest BCUT2D eigenvalue weighted by atomic mass is 9.98. The molecule has 4 aromatic carbocycles. The minimum absolute atomic E-state index is 0.00607. The molecule has 2 atom stereocenters. The first-order chi connectivity index (χ1) is 61.6. The van der Waals surface area contributed by atoms with Crippen LogP contribution >= 0.6 is 0 Å². The molecule has 0 radical (unpaired) electrons. The minimum Gasteiger partial charge on any atom is -0.368 e. The Morgan fingerprint density at radius 2 is 0.465 bits per heavy atom. The van der Waals surface area contributed by atoms with Crippen molar-refractivity contribution in [1.29, 1.82) is 0 Å². The molecule has 710 valence electrons. The van der Waals surface area contributed by atoms with Crippen LogP contribution in [0.1, 0.15) is 269 Å². The number of amides is 11. The number of unbranched alkanes of at least 4 members (excludes halogenated alkanes) is 22. The highest BCUT2D eigenvalue weighted by atomic mass is 16.2. The third-order valence-corrected chi connectivity index (χ3v) is 24.4. The van der Waals surface area contributed by atoms with E-state index in [0.717, 1.165) is 196 Å². The van der Waals surface area contributed by atoms with Crippen LogP contribution in [-0.4, -0.2) is 265 Å². The van der Waals surface area contributed by atoms with Crippen molar-refractivity contribution in [3.8, 4) is 0 Å². The number of hydrogen-bond acceptors (Lipinski definition) is 14. The molecule has 8 N–H and O–H groups in total. The maximum absolute atomic E-state index is 15.7. The molecule has 2 unspecified atom stereocenters. The highest BCUT2D eigenvalue weighted by Crippen LogP contribution is 2.21. The normalized spacial score (nSPS) is 11.6. The first kappa shape index (κ1) is 110. The largest absolute Gasteiger partial charge is 0.368 e. The number of rotatable bonds is 75. The zero-order valence-electron chi connectivity index (χ0n) is 79.2. The van der Waals surface area contributed by atoms with Crippen molar-refractivity contribution < 1.29 is 52.7 Å². The predicted molar refractivity (Wildman–Crippen MR) is 512 cm³/mol. The molecular weight excluding hydrogens is 1600 g/mol. The Hall–Kier alpha value is -9.07. The van der Waals surface area contributed by atoms with Gasteiger partial charge in [0.2, 0.25) is 65.0 Å². The average molecular weight is 1760 g/mol. The lowest BCUT2D eigenvalue weighted by Gasteiger charge is -2.34. The van der Waals surface area contributed by atoms with E-state index in [1.807, 2.05) is 121 Å². The van der Waals surface area contributed by atoms with E-state index in [1.54, 1.807) is 9.80 Å². The van der Waals surface area contributed by atoms with Gasteiger partial charge in [-0.3, -0.25) is 52.7 Å². The van der Waals surface area contributed by atoms with Gasteiger partial charge in [-0.25, -0.2) is 0 Å². The second kappa shape index (κ2) is 69.0. The lowest BCUT2D eigenvalue weighted by molar-refractivity contribution is -0.149. The SMILES string of the molecule is CCCCCCCCCCN(CC(=O)N(CC(=O)N(CCCCCCCCCC)CC(=O)N(CC(N)=O)CC(CC)CCCC)CC(CC)CCCC)C(=O)CN(CCc1ccccc1)C(=O)CN(CCc1ccccc1)C(=O)CN(CCN)C(=O)CN(CCc1ccccc1)C(=O)CN(CCc1ccccc1)C(=O)CN(CCN)C(=O)CCCCCCCCCN. The molecule has 0 aliphatic rings. The van der Waals surface area contributed by atoms with Crippen LogP contribution in [0.15, 0.2) is 121 Å². The van der Waals surface area contributed by atoms with Crippen LogP contribution in [0.5, 0.6) is 0 Å². The second-order valence-electron chi connectivity index (χ2n) is 34.9. The highest BCUT2D eigenvalue weighted by molar-refractivity contribution is 5.95. The summed E-state index contributed by atoms with van der Waals surface area (Å²) in [6.45, 7) is 10.7. The van der Waals surface area contributed by atoms with Crippen molar-refractivity contribution in [2.75, 3.05) is 151 Å². The van der Waals surface area contributed by atoms with Crippen molar-refractivity contribution in [3.63, 3.8) is 0 Å². The number of carbonyl (C=O) groups excluding carboxylic acids is 11. The van der Waals surface area contributed by atoms with Crippen LogP contribution in [0, 0.1) is 11.8 Å². The third-order valence-electron chi connectivity index (χ3n) is 24.4. The van der Waals surface area contributed by atoms with Crippen molar-refractivity contribution >= 4 is 65.0 Å². The minimum atomic E-state index is -0.644. The number of nitrogens with two attached hydrogens (primary N) is 4. The quantitative estimate of drug-likeness (QED) is 0.0299. The zero-order valence-corrected chi connectivity index (χ0v) is 79.2. The van der Waals surface area contributed by atoms with E-state index in [0.29, 0.717) is 58.0 Å². The maximum atomic E-state index is 15.7. The molecule has 4 rings (SSSR count). The standard InChI is InChI=1S/C102H166N14O11/c1-7-13-17-19-21-26-30-46-66-107(84-102(127)116(75-87(12-6)49-16-10-4)85-100(125)108(67-47-31-27-22-20-18-14-8-2)83-101(126)115(76-92(106)117)74-86(11-5)48-15-9-3)94(119)77-109(68-59-88-50-36-32-37-51-88)95(120)79-111(70-61-90-54-40-34-41-55-90)98(123)82-114(73-65-105)99(124)80-112(71-62-91-56-42-35-43-57-91)96(121)78-110(69-60-89-52-38-33-39-53-89)97(122)81-113(72-64-104)93(118)58-44-28-24-23-25-29-45-63-103/h32-43,50-57,86-87H,7-31,44-49,58-85,103-105H2,1-6H3,(H2,106,117). The van der Waals surface area contributed by atoms with E-state index < -0.39 is 92.4 Å². The van der Waals surface area contributed by atoms with E-state index in [9.17, 15) is 19.2 Å². The van der Waals surface area contributed by atoms with Gasteiger partial charge in [0, 0.05) is 85.0 Å². The van der Waals surface area contributed by atoms with Crippen LogP contribution in [0.2, 0.25) is 0 Å². The average Bonchev–Trinajstić information content (AvgIpc) is 0.852. The summed E-state index contributed by atoms with van der Waals surface area (Å²) in [6, 6.07) is 38.1. The van der Waals surface area contributed by atoms with Gasteiger partial charge in [-0.15, -0.1) is 0 Å². The summed E-state index contributed by atoms with van der Waals surface area (Å²) in [5.74, 6) is -5.18. The molecule has 11 amide bonds. The summed E-state index contributed by atoms with van der Waals surface area (Å²) in [6.07, 6.45) is 31.1. The summed E-state index contributed by atoms with van der Waals surface area (Å²) in [5, 5.41) is 0. The molecular formula is C102H166N14O11. The van der Waals surface area contributed by atoms with Crippen LogP contribution in [0.25, 0.3) is 0 Å². The number of primary amides is 1. The van der Waals surface area contributed by atoms with Crippen molar-refractivity contribution in [2.24, 2.45) is 34.8 Å². The van der Waals surface area contributed by atoms with Gasteiger partial charge < -0.3 is 71.9 Å². The molecule has 25 heteroatoms. The Morgan fingerprint density at radius 1 is 0.236 bits per heavy atom. The Bertz CT molecular complexity index is 3680. The monoisotopic (exact) mass is 1760 g/mol. The molecule has 0 aliphatic heterocycles. The van der Waals surface area contributed by atoms with Crippen molar-refractivity contribution in [2.45, 2.75) is 273 Å². The molecule has 0 heterocycles. The van der Waals surface area contributed by atoms with Crippen molar-refractivity contribution in [3.05, 3.63) is 144 Å². The fraction of sp³-hybridized carbons (Fsp3) is 0.657. The van der Waals surface area contributed by atoms with Gasteiger partial charge in [0.15, 0.2) is 0 Å². The molecule has 0 fully saturated rings. The molecule has 0 bridgehead atoms. The lowest BCUT2D eigenvalue weighted by Crippen LogP contribution is -2.54. The van der Waals surface area contributed by atoms with Gasteiger partial charge in [0.1, 0.15) is 0 Å². The molecule has 0 spiro atoms. The topological polar surface area (TPSA) is 324 Å². The fourth-order valence-electron chi connectivity index (χ4n) is 16.1. The number of nitrogens with zero attached hydrogens (tertiary/aromatic N) is 10. The van der Waals surface area contributed by atoms with Gasteiger partial charge in [-0.1, -0.05) is 323 Å². The number of hydrogen-bond donors (Lipinski definition) is 4. The summed E-state index contributed by atoms with van der Waals surface area (Å²) >= 11 is 0. The Kier molecular flexibility index (Phi) is 59.9. The molecule has 0 aliphatic carbocycles. The Balaban J connectivity index is 1.78. The van der Waals surface area contributed by atoms with Gasteiger partial charge in [0.05, 0.1) is 65.4 Å². The summed E-state index contributed by atoms with van der Waals surface area (Å²) in [7, 11) is 0. The van der Waals surface area contributed by atoms with E-state index in [-0.39, 0.29) is 128 Å². The zero-order chi connectivity index (χ0) is 92.4. The summed E-state index contributed by atoms with van der Waals surface area (Å²) < 4.78 is 0. The van der Waals surface area contributed by atoms with E-state index in [2.05, 4.69) is 41.5 Å². The highest BCUT2D eigenvalue weighted by Gasteiger charge is 2.34. The second-order valence-corrected chi connectivity index (χ2v) is 34.9. The fourth-order valence-corrected chi connectivity index (χ4v) is 16.1. The smallest absolute Gasteiger partial charge is 0.242 e. The van der Waals surface area contributed by atoms with Crippen LogP contribution < -0.4 is 22.9 Å². The van der Waals surface area contributed by atoms with Crippen LogP contribution in [0.4, 0.5) is 0 Å². The molecule has 4 aromatic rings. The first-order valence-electron chi connectivity index (χ1n) is 49.0. The summed E-state index contributed by atoms with van der Waals surface area (Å²) in [4.78, 5) is 179. The first-order valence-corrected chi connectivity index (χ1v) is 49.0. The number of carbonyl (C=O) groups is 11. The van der Waals surface area contributed by atoms with Gasteiger partial charge in [-0.05, 0) is 105 Å². The Labute approximate surface area is 764 Å². The number of benzene rings is 4. The van der Waals surface area contributed by atoms with Crippen molar-refractivity contribution in [1.82, 2.24) is 49.0 Å². The van der Waals surface area contributed by atoms with E-state index in [4.69, 9.17) is 22.9 Å². The Morgan fingerprint density at radius 3 is 0.732 bits per heavy atom. The van der Waals surface area contributed by atoms with Gasteiger partial charge >= 0.3 is 0 Å². The van der Waals surface area contributed by atoms with Gasteiger partial charge in [-0.2, -0.15) is 0 Å².